The molecule has 8 nitrogen and oxygen atoms in total. The maximum absolute atomic E-state index is 13.7. The van der Waals surface area contributed by atoms with Gasteiger partial charge in [0.05, 0.1) is 17.2 Å². The van der Waals surface area contributed by atoms with E-state index in [0.29, 0.717) is 6.07 Å². The first-order valence-electron chi connectivity index (χ1n) is 10.4. The number of carboxylic acid groups (broad SMARTS) is 1. The molecule has 0 bridgehead atoms. The summed E-state index contributed by atoms with van der Waals surface area (Å²) in [5, 5.41) is 23.0. The van der Waals surface area contributed by atoms with Crippen LogP contribution in [0.4, 0.5) is 31.1 Å². The van der Waals surface area contributed by atoms with Crippen molar-refractivity contribution in [3.05, 3.63) is 65.0 Å². The van der Waals surface area contributed by atoms with Gasteiger partial charge in [-0.2, -0.15) is 31.3 Å². The zero-order valence-corrected chi connectivity index (χ0v) is 18.0. The molecule has 0 saturated carbocycles. The van der Waals surface area contributed by atoms with Crippen molar-refractivity contribution in [2.75, 3.05) is 6.54 Å². The summed E-state index contributed by atoms with van der Waals surface area (Å²) in [6.07, 6.45) is -11.7. The Balaban J connectivity index is 1.57. The molecule has 36 heavy (non-hydrogen) atoms. The van der Waals surface area contributed by atoms with E-state index in [9.17, 15) is 41.4 Å². The molecule has 1 aromatic heterocycles. The molecule has 4 rings (SSSR count). The quantitative estimate of drug-likeness (QED) is 0.451. The molecule has 1 aliphatic rings. The lowest BCUT2D eigenvalue weighted by atomic mass is 10.1. The molecule has 2 heterocycles. The molecule has 14 heteroatoms. The van der Waals surface area contributed by atoms with Gasteiger partial charge in [-0.25, -0.2) is 4.79 Å². The van der Waals surface area contributed by atoms with Crippen LogP contribution in [-0.2, 0) is 19.0 Å². The number of benzene rings is 2. The predicted molar refractivity (Wildman–Crippen MR) is 109 cm³/mol. The van der Waals surface area contributed by atoms with Gasteiger partial charge in [0.2, 0.25) is 5.82 Å². The summed E-state index contributed by atoms with van der Waals surface area (Å²) in [6.45, 7) is -0.403. The molecule has 0 spiro atoms. The van der Waals surface area contributed by atoms with Gasteiger partial charge in [0.25, 0.3) is 5.89 Å². The Labute approximate surface area is 198 Å². The van der Waals surface area contributed by atoms with Crippen molar-refractivity contribution in [2.24, 2.45) is 0 Å². The molecule has 192 valence electrons. The smallest absolute Gasteiger partial charge is 0.419 e. The summed E-state index contributed by atoms with van der Waals surface area (Å²) in [4.78, 5) is 16.2. The van der Waals surface area contributed by atoms with Crippen LogP contribution < -0.4 is 4.74 Å². The Kier molecular flexibility index (Phi) is 6.56. The van der Waals surface area contributed by atoms with Crippen LogP contribution in [0, 0.1) is 0 Å². The van der Waals surface area contributed by atoms with Crippen molar-refractivity contribution in [2.45, 2.75) is 37.5 Å². The van der Waals surface area contributed by atoms with Gasteiger partial charge in [0.1, 0.15) is 18.4 Å². The summed E-state index contributed by atoms with van der Waals surface area (Å²) < 4.78 is 89.5. The average Bonchev–Trinajstić information content (AvgIpc) is 3.43. The standard InChI is InChI=1S/C22H17F6N3O5/c23-21(24,25)13-4-1-11(2-5-13)10-35-16-6-3-12(9-14(16)22(26,27)28)18-29-19(36-30-18)17-15(32)7-8-31(17)20(33)34/h1-6,9,15,17,32H,7-8,10H2,(H,33,34)/t15-,17-/m0/s1. The van der Waals surface area contributed by atoms with Crippen LogP contribution >= 0.6 is 0 Å². The van der Waals surface area contributed by atoms with Crippen molar-refractivity contribution in [1.29, 1.82) is 0 Å². The van der Waals surface area contributed by atoms with Crippen molar-refractivity contribution in [3.63, 3.8) is 0 Å². The summed E-state index contributed by atoms with van der Waals surface area (Å²) in [5.74, 6) is -1.11. The fourth-order valence-corrected chi connectivity index (χ4v) is 3.73. The van der Waals surface area contributed by atoms with Gasteiger partial charge in [0.15, 0.2) is 0 Å². The number of alkyl halides is 6. The number of likely N-dealkylation sites (tertiary alicyclic amines) is 1. The SMILES string of the molecule is O=C(O)N1CC[C@H](O)[C@H]1c1nc(-c2ccc(OCc3ccc(C(F)(F)F)cc3)c(C(F)(F)F)c2)no1. The highest BCUT2D eigenvalue weighted by molar-refractivity contribution is 5.66. The molecular weight excluding hydrogens is 500 g/mol. The van der Waals surface area contributed by atoms with Gasteiger partial charge in [-0.1, -0.05) is 17.3 Å². The topological polar surface area (TPSA) is 109 Å². The zero-order chi connectivity index (χ0) is 26.3. The molecule has 1 aliphatic heterocycles. The highest BCUT2D eigenvalue weighted by Crippen LogP contribution is 2.39. The van der Waals surface area contributed by atoms with Crippen molar-refractivity contribution < 1.29 is 50.6 Å². The van der Waals surface area contributed by atoms with E-state index in [-0.39, 0.29) is 35.8 Å². The Hall–Kier alpha value is -3.81. The Morgan fingerprint density at radius 1 is 1.08 bits per heavy atom. The first-order chi connectivity index (χ1) is 16.8. The molecule has 3 aromatic rings. The first-order valence-corrected chi connectivity index (χ1v) is 10.4. The maximum atomic E-state index is 13.7. The molecule has 0 unspecified atom stereocenters. The third-order valence-electron chi connectivity index (χ3n) is 5.53. The minimum absolute atomic E-state index is 0.0159. The Morgan fingerprint density at radius 2 is 1.78 bits per heavy atom. The van der Waals surface area contributed by atoms with E-state index in [0.717, 1.165) is 35.2 Å². The van der Waals surface area contributed by atoms with Crippen molar-refractivity contribution in [1.82, 2.24) is 15.0 Å². The number of halogens is 6. The predicted octanol–water partition coefficient (Wildman–Crippen LogP) is 5.14. The number of aliphatic hydroxyl groups is 1. The monoisotopic (exact) mass is 517 g/mol. The number of nitrogens with zero attached hydrogens (tertiary/aromatic N) is 3. The number of carbonyl (C=O) groups is 1. The molecule has 0 aliphatic carbocycles. The second-order valence-electron chi connectivity index (χ2n) is 7.93. The molecular formula is C22H17F6N3O5. The molecule has 2 aromatic carbocycles. The highest BCUT2D eigenvalue weighted by Gasteiger charge is 2.41. The van der Waals surface area contributed by atoms with Gasteiger partial charge < -0.3 is 19.5 Å². The minimum Gasteiger partial charge on any atom is -0.488 e. The molecule has 2 N–H and O–H groups in total. The lowest BCUT2D eigenvalue weighted by molar-refractivity contribution is -0.139. The van der Waals surface area contributed by atoms with Crippen LogP contribution in [0.15, 0.2) is 47.0 Å². The number of amides is 1. The largest absolute Gasteiger partial charge is 0.488 e. The van der Waals surface area contributed by atoms with Crippen LogP contribution in [0.3, 0.4) is 0 Å². The van der Waals surface area contributed by atoms with Crippen LogP contribution in [0.25, 0.3) is 11.4 Å². The second kappa shape index (κ2) is 9.33. The van der Waals surface area contributed by atoms with E-state index in [1.165, 1.54) is 6.07 Å². The fraction of sp³-hybridized carbons (Fsp3) is 0.318. The van der Waals surface area contributed by atoms with Crippen LogP contribution in [0.5, 0.6) is 5.75 Å². The first kappa shape index (κ1) is 25.3. The van der Waals surface area contributed by atoms with Gasteiger partial charge in [-0.05, 0) is 42.3 Å². The Bertz CT molecular complexity index is 1240. The normalized spacial score (nSPS) is 18.5. The summed E-state index contributed by atoms with van der Waals surface area (Å²) >= 11 is 0. The lowest BCUT2D eigenvalue weighted by Crippen LogP contribution is -2.32. The summed E-state index contributed by atoms with van der Waals surface area (Å²) in [5.41, 5.74) is -1.98. The molecule has 0 radical (unpaired) electrons. The number of rotatable bonds is 5. The van der Waals surface area contributed by atoms with E-state index >= 15 is 0 Å². The van der Waals surface area contributed by atoms with E-state index in [1.807, 2.05) is 0 Å². The van der Waals surface area contributed by atoms with Gasteiger partial charge in [-0.3, -0.25) is 4.90 Å². The lowest BCUT2D eigenvalue weighted by Gasteiger charge is -2.19. The second-order valence-corrected chi connectivity index (χ2v) is 7.93. The zero-order valence-electron chi connectivity index (χ0n) is 18.0. The van der Waals surface area contributed by atoms with Crippen LogP contribution in [0.2, 0.25) is 0 Å². The van der Waals surface area contributed by atoms with Gasteiger partial charge in [0, 0.05) is 12.1 Å². The number of ether oxygens (including phenoxy) is 1. The number of hydrogen-bond donors (Lipinski definition) is 2. The summed E-state index contributed by atoms with van der Waals surface area (Å²) in [6, 6.07) is 5.57. The number of aromatic nitrogens is 2. The highest BCUT2D eigenvalue weighted by atomic mass is 19.4. The van der Waals surface area contributed by atoms with Gasteiger partial charge in [-0.15, -0.1) is 0 Å². The van der Waals surface area contributed by atoms with E-state index in [2.05, 4.69) is 10.1 Å². The van der Waals surface area contributed by atoms with Crippen molar-refractivity contribution in [3.8, 4) is 17.1 Å². The van der Waals surface area contributed by atoms with Crippen LogP contribution in [0.1, 0.15) is 35.0 Å². The minimum atomic E-state index is -4.86. The number of aliphatic hydroxyl groups excluding tert-OH is 1. The molecule has 2 atom stereocenters. The molecule has 1 saturated heterocycles. The maximum Gasteiger partial charge on any atom is 0.419 e. The number of hydrogen-bond acceptors (Lipinski definition) is 6. The molecule has 1 fully saturated rings. The van der Waals surface area contributed by atoms with Crippen LogP contribution in [-0.4, -0.2) is 44.0 Å². The average molecular weight is 517 g/mol. The fourth-order valence-electron chi connectivity index (χ4n) is 3.73. The van der Waals surface area contributed by atoms with E-state index in [4.69, 9.17) is 9.26 Å². The van der Waals surface area contributed by atoms with E-state index in [1.54, 1.807) is 0 Å². The summed E-state index contributed by atoms with van der Waals surface area (Å²) in [7, 11) is 0. The third-order valence-corrected chi connectivity index (χ3v) is 5.53. The van der Waals surface area contributed by atoms with Gasteiger partial charge >= 0.3 is 18.4 Å². The Morgan fingerprint density at radius 3 is 2.39 bits per heavy atom. The van der Waals surface area contributed by atoms with E-state index < -0.39 is 54.1 Å². The van der Waals surface area contributed by atoms with Crippen molar-refractivity contribution >= 4 is 6.09 Å². The third kappa shape index (κ3) is 5.22. The molecule has 1 amide bonds.